The number of aromatic nitrogens is 3. The summed E-state index contributed by atoms with van der Waals surface area (Å²) in [6.45, 7) is 2.92. The van der Waals surface area contributed by atoms with Crippen molar-refractivity contribution in [2.24, 2.45) is 0 Å². The largest absolute Gasteiger partial charge is 0.419 e. The molecule has 0 amide bonds. The molecule has 0 spiro atoms. The van der Waals surface area contributed by atoms with Crippen LogP contribution in [0.2, 0.25) is 0 Å². The Kier molecular flexibility index (Phi) is 4.08. The van der Waals surface area contributed by atoms with Gasteiger partial charge in [0.25, 0.3) is 0 Å². The maximum Gasteiger partial charge on any atom is 0.316 e. The van der Waals surface area contributed by atoms with Gasteiger partial charge in [0, 0.05) is 18.6 Å². The van der Waals surface area contributed by atoms with Crippen molar-refractivity contribution in [2.45, 2.75) is 13.8 Å². The Hall–Kier alpha value is -3.67. The Bertz CT molecular complexity index is 1190. The number of nitrogens with zero attached hydrogens (tertiary/aromatic N) is 3. The van der Waals surface area contributed by atoms with Crippen molar-refractivity contribution in [1.82, 2.24) is 14.2 Å². The molecule has 0 aliphatic rings. The van der Waals surface area contributed by atoms with E-state index in [0.717, 1.165) is 16.9 Å². The number of hydrogen-bond donors (Lipinski definition) is 0. The van der Waals surface area contributed by atoms with Crippen molar-refractivity contribution < 1.29 is 9.53 Å². The second kappa shape index (κ2) is 6.57. The molecule has 4 rings (SSSR count). The highest BCUT2D eigenvalue weighted by Crippen LogP contribution is 2.26. The Balaban J connectivity index is 2.12. The Morgan fingerprint density at radius 2 is 1.63 bits per heavy atom. The van der Waals surface area contributed by atoms with E-state index in [0.29, 0.717) is 11.3 Å². The minimum Gasteiger partial charge on any atom is -0.419 e. The first-order valence-corrected chi connectivity index (χ1v) is 8.51. The Labute approximate surface area is 155 Å². The summed E-state index contributed by atoms with van der Waals surface area (Å²) in [5.41, 5.74) is 2.98. The predicted molar refractivity (Wildman–Crippen MR) is 102 cm³/mol. The Morgan fingerprint density at radius 1 is 1.00 bits per heavy atom. The Morgan fingerprint density at radius 3 is 2.26 bits per heavy atom. The molecule has 2 aromatic heterocycles. The quantitative estimate of drug-likeness (QED) is 0.526. The fourth-order valence-corrected chi connectivity index (χ4v) is 3.10. The van der Waals surface area contributed by atoms with E-state index in [4.69, 9.17) is 4.74 Å². The average molecular weight is 359 g/mol. The van der Waals surface area contributed by atoms with Crippen LogP contribution in [-0.4, -0.2) is 20.2 Å². The smallest absolute Gasteiger partial charge is 0.316 e. The van der Waals surface area contributed by atoms with Gasteiger partial charge in [0.2, 0.25) is 5.75 Å². The zero-order chi connectivity index (χ0) is 19.0. The summed E-state index contributed by atoms with van der Waals surface area (Å²) in [5.74, 6) is -0.618. The standard InChI is InChI=1S/C21H17N3O3/c1-14-20(27-15(2)25)21(26)24-19(22-14)13-18(16-9-5-3-6-10-16)23(24)17-11-7-4-8-12-17/h3-13H,1-2H3. The fourth-order valence-electron chi connectivity index (χ4n) is 3.10. The zero-order valence-electron chi connectivity index (χ0n) is 14.9. The third kappa shape index (κ3) is 2.91. The molecule has 4 aromatic rings. The van der Waals surface area contributed by atoms with Crippen LogP contribution in [0.3, 0.4) is 0 Å². The number of para-hydroxylation sites is 1. The van der Waals surface area contributed by atoms with E-state index in [1.165, 1.54) is 11.4 Å². The number of rotatable bonds is 3. The van der Waals surface area contributed by atoms with Gasteiger partial charge in [-0.2, -0.15) is 4.52 Å². The summed E-state index contributed by atoms with van der Waals surface area (Å²) in [6.07, 6.45) is 0. The number of benzene rings is 2. The summed E-state index contributed by atoms with van der Waals surface area (Å²) in [7, 11) is 0. The molecule has 0 unspecified atom stereocenters. The van der Waals surface area contributed by atoms with Crippen molar-refractivity contribution in [3.63, 3.8) is 0 Å². The lowest BCUT2D eigenvalue weighted by Crippen LogP contribution is -2.25. The molecule has 0 bridgehead atoms. The minimum absolute atomic E-state index is 0.0603. The minimum atomic E-state index is -0.557. The zero-order valence-corrected chi connectivity index (χ0v) is 14.9. The number of carbonyl (C=O) groups excluding carboxylic acids is 1. The van der Waals surface area contributed by atoms with E-state index in [-0.39, 0.29) is 5.75 Å². The van der Waals surface area contributed by atoms with Gasteiger partial charge in [-0.05, 0) is 19.1 Å². The maximum absolute atomic E-state index is 13.1. The molecule has 0 radical (unpaired) electrons. The highest BCUT2D eigenvalue weighted by atomic mass is 16.5. The third-order valence-corrected chi connectivity index (χ3v) is 4.22. The number of ether oxygens (including phenoxy) is 1. The summed E-state index contributed by atoms with van der Waals surface area (Å²) in [5, 5.41) is 0. The van der Waals surface area contributed by atoms with Gasteiger partial charge in [-0.3, -0.25) is 9.59 Å². The lowest BCUT2D eigenvalue weighted by Gasteiger charge is -2.12. The van der Waals surface area contributed by atoms with E-state index in [1.807, 2.05) is 66.7 Å². The van der Waals surface area contributed by atoms with Gasteiger partial charge >= 0.3 is 11.5 Å². The highest BCUT2D eigenvalue weighted by molar-refractivity contribution is 5.70. The normalized spacial score (nSPS) is 10.9. The maximum atomic E-state index is 13.1. The summed E-state index contributed by atoms with van der Waals surface area (Å²) in [4.78, 5) is 29.1. The van der Waals surface area contributed by atoms with E-state index in [2.05, 4.69) is 4.98 Å². The molecule has 2 heterocycles. The van der Waals surface area contributed by atoms with Gasteiger partial charge in [-0.25, -0.2) is 9.67 Å². The van der Waals surface area contributed by atoms with E-state index >= 15 is 0 Å². The molecule has 6 nitrogen and oxygen atoms in total. The molecular weight excluding hydrogens is 342 g/mol. The van der Waals surface area contributed by atoms with Gasteiger partial charge in [0.05, 0.1) is 17.1 Å². The summed E-state index contributed by atoms with van der Waals surface area (Å²) < 4.78 is 8.36. The number of aryl methyl sites for hydroxylation is 1. The third-order valence-electron chi connectivity index (χ3n) is 4.22. The van der Waals surface area contributed by atoms with E-state index < -0.39 is 11.5 Å². The van der Waals surface area contributed by atoms with E-state index in [1.54, 1.807) is 11.6 Å². The van der Waals surface area contributed by atoms with Crippen LogP contribution in [0.15, 0.2) is 71.5 Å². The fraction of sp³-hybridized carbons (Fsp3) is 0.0952. The van der Waals surface area contributed by atoms with Crippen LogP contribution < -0.4 is 10.3 Å². The molecule has 0 fully saturated rings. The molecule has 27 heavy (non-hydrogen) atoms. The monoisotopic (exact) mass is 359 g/mol. The van der Waals surface area contributed by atoms with Crippen molar-refractivity contribution in [3.05, 3.63) is 82.8 Å². The van der Waals surface area contributed by atoms with Crippen molar-refractivity contribution >= 4 is 11.6 Å². The predicted octanol–water partition coefficient (Wildman–Crippen LogP) is 3.39. The summed E-state index contributed by atoms with van der Waals surface area (Å²) in [6, 6.07) is 21.1. The average Bonchev–Trinajstić information content (AvgIpc) is 3.06. The van der Waals surface area contributed by atoms with Crippen molar-refractivity contribution in [1.29, 1.82) is 0 Å². The van der Waals surface area contributed by atoms with Crippen LogP contribution in [0.1, 0.15) is 12.6 Å². The van der Waals surface area contributed by atoms with Crippen molar-refractivity contribution in [3.8, 4) is 22.7 Å². The summed E-state index contributed by atoms with van der Waals surface area (Å²) >= 11 is 0. The van der Waals surface area contributed by atoms with Crippen LogP contribution in [-0.2, 0) is 4.79 Å². The van der Waals surface area contributed by atoms with Gasteiger partial charge in [-0.1, -0.05) is 48.5 Å². The molecule has 0 N–H and O–H groups in total. The molecule has 0 saturated heterocycles. The van der Waals surface area contributed by atoms with Crippen LogP contribution in [0.4, 0.5) is 0 Å². The van der Waals surface area contributed by atoms with Crippen LogP contribution in [0.5, 0.6) is 5.75 Å². The van der Waals surface area contributed by atoms with Crippen molar-refractivity contribution in [2.75, 3.05) is 0 Å². The van der Waals surface area contributed by atoms with Gasteiger partial charge in [-0.15, -0.1) is 0 Å². The first-order chi connectivity index (χ1) is 13.1. The van der Waals surface area contributed by atoms with Crippen LogP contribution in [0.25, 0.3) is 22.6 Å². The van der Waals surface area contributed by atoms with Crippen LogP contribution >= 0.6 is 0 Å². The first kappa shape index (κ1) is 16.8. The number of esters is 1. The molecule has 0 atom stereocenters. The SMILES string of the molecule is CC(=O)Oc1c(C)nc2cc(-c3ccccc3)n(-c3ccccc3)n2c1=O. The molecular formula is C21H17N3O3. The number of carbonyl (C=O) groups is 1. The lowest BCUT2D eigenvalue weighted by molar-refractivity contribution is -0.132. The van der Waals surface area contributed by atoms with E-state index in [9.17, 15) is 9.59 Å². The van der Waals surface area contributed by atoms with Gasteiger partial charge in [0.15, 0.2) is 5.65 Å². The molecule has 0 aliphatic carbocycles. The lowest BCUT2D eigenvalue weighted by atomic mass is 10.1. The van der Waals surface area contributed by atoms with Crippen LogP contribution in [0, 0.1) is 6.92 Å². The second-order valence-electron chi connectivity index (χ2n) is 6.14. The second-order valence-corrected chi connectivity index (χ2v) is 6.14. The topological polar surface area (TPSA) is 65.6 Å². The number of hydrogen-bond acceptors (Lipinski definition) is 4. The first-order valence-electron chi connectivity index (χ1n) is 8.51. The van der Waals surface area contributed by atoms with Gasteiger partial charge in [0.1, 0.15) is 0 Å². The highest BCUT2D eigenvalue weighted by Gasteiger charge is 2.20. The number of fused-ring (bicyclic) bond motifs is 1. The molecule has 134 valence electrons. The molecule has 0 aliphatic heterocycles. The van der Waals surface area contributed by atoms with Gasteiger partial charge < -0.3 is 4.74 Å². The molecule has 2 aromatic carbocycles. The molecule has 0 saturated carbocycles. The molecule has 6 heteroatoms.